The second kappa shape index (κ2) is 6.58. The highest BCUT2D eigenvalue weighted by Gasteiger charge is 2.33. The van der Waals surface area contributed by atoms with Crippen LogP contribution in [0.25, 0.3) is 0 Å². The average molecular weight is 363 g/mol. The molecule has 1 atom stereocenters. The molecule has 0 N–H and O–H groups in total. The Kier molecular flexibility index (Phi) is 5.04. The molecule has 1 aliphatic rings. The van der Waals surface area contributed by atoms with E-state index in [0.717, 1.165) is 4.47 Å². The fourth-order valence-corrected chi connectivity index (χ4v) is 3.92. The number of hydrogen-bond acceptors (Lipinski definition) is 5. The maximum Gasteiger partial charge on any atom is 0.310 e. The molecule has 0 bridgehead atoms. The summed E-state index contributed by atoms with van der Waals surface area (Å²) in [6.07, 6.45) is 0.356. The minimum Gasteiger partial charge on any atom is -0.490 e. The minimum absolute atomic E-state index is 0.0716. The zero-order valence-electron chi connectivity index (χ0n) is 10.7. The Labute approximate surface area is 126 Å². The Hall–Kier alpha value is -1.08. The lowest BCUT2D eigenvalue weighted by molar-refractivity contribution is -0.148. The Bertz CT molecular complexity index is 567. The molecule has 1 aromatic carbocycles. The summed E-state index contributed by atoms with van der Waals surface area (Å²) in [5.74, 6) is -0.312. The third-order valence-corrected chi connectivity index (χ3v) is 5.27. The van der Waals surface area contributed by atoms with Gasteiger partial charge in [-0.05, 0) is 30.7 Å². The lowest BCUT2D eigenvalue weighted by Gasteiger charge is -2.10. The van der Waals surface area contributed by atoms with E-state index < -0.39 is 21.7 Å². The van der Waals surface area contributed by atoms with Crippen LogP contribution in [0.15, 0.2) is 28.7 Å². The fourth-order valence-electron chi connectivity index (χ4n) is 1.93. The van der Waals surface area contributed by atoms with Crippen LogP contribution in [-0.2, 0) is 19.4 Å². The topological polar surface area (TPSA) is 69.7 Å². The van der Waals surface area contributed by atoms with Crippen molar-refractivity contribution in [3.63, 3.8) is 0 Å². The second-order valence-corrected chi connectivity index (χ2v) is 7.71. The van der Waals surface area contributed by atoms with Gasteiger partial charge in [-0.1, -0.05) is 15.9 Å². The van der Waals surface area contributed by atoms with E-state index >= 15 is 0 Å². The molecule has 1 unspecified atom stereocenters. The van der Waals surface area contributed by atoms with Crippen LogP contribution < -0.4 is 4.74 Å². The third-order valence-electron chi connectivity index (χ3n) is 2.98. The molecule has 0 saturated carbocycles. The van der Waals surface area contributed by atoms with E-state index in [0.29, 0.717) is 12.2 Å². The number of halogens is 1. The molecule has 0 amide bonds. The number of carbonyl (C=O) groups is 1. The van der Waals surface area contributed by atoms with Crippen molar-refractivity contribution in [1.29, 1.82) is 0 Å². The van der Waals surface area contributed by atoms with Crippen LogP contribution in [0.2, 0.25) is 0 Å². The molecular weight excluding hydrogens is 348 g/mol. The molecule has 20 heavy (non-hydrogen) atoms. The highest BCUT2D eigenvalue weighted by molar-refractivity contribution is 9.10. The van der Waals surface area contributed by atoms with E-state index in [4.69, 9.17) is 9.47 Å². The molecule has 1 heterocycles. The molecule has 110 valence electrons. The van der Waals surface area contributed by atoms with Crippen LogP contribution in [0.5, 0.6) is 5.75 Å². The van der Waals surface area contributed by atoms with Crippen LogP contribution in [0.4, 0.5) is 0 Å². The molecule has 1 saturated heterocycles. The summed E-state index contributed by atoms with van der Waals surface area (Å²) < 4.78 is 33.9. The van der Waals surface area contributed by atoms with E-state index in [1.807, 2.05) is 12.1 Å². The standard InChI is InChI=1S/C13H15BrO5S/c14-11-1-3-12(4-2-11)18-6-7-19-13(15)10-5-8-20(16,17)9-10/h1-4,10H,5-9H2. The van der Waals surface area contributed by atoms with Crippen LogP contribution in [0.1, 0.15) is 6.42 Å². The molecule has 1 fully saturated rings. The number of rotatable bonds is 5. The highest BCUT2D eigenvalue weighted by Crippen LogP contribution is 2.20. The van der Waals surface area contributed by atoms with Crippen molar-refractivity contribution in [1.82, 2.24) is 0 Å². The summed E-state index contributed by atoms with van der Waals surface area (Å²) in [4.78, 5) is 11.6. The monoisotopic (exact) mass is 362 g/mol. The summed E-state index contributed by atoms with van der Waals surface area (Å²) in [6.45, 7) is 0.359. The summed E-state index contributed by atoms with van der Waals surface area (Å²) in [5.41, 5.74) is 0. The molecular formula is C13H15BrO5S. The number of benzene rings is 1. The first-order valence-electron chi connectivity index (χ1n) is 6.22. The van der Waals surface area contributed by atoms with Gasteiger partial charge in [0.1, 0.15) is 19.0 Å². The number of ether oxygens (including phenoxy) is 2. The number of esters is 1. The van der Waals surface area contributed by atoms with Gasteiger partial charge in [0.25, 0.3) is 0 Å². The van der Waals surface area contributed by atoms with Crippen molar-refractivity contribution in [2.75, 3.05) is 24.7 Å². The number of carbonyl (C=O) groups excluding carboxylic acids is 1. The van der Waals surface area contributed by atoms with E-state index in [1.165, 1.54) is 0 Å². The number of sulfone groups is 1. The molecule has 7 heteroatoms. The summed E-state index contributed by atoms with van der Waals surface area (Å²) in [6, 6.07) is 7.31. The van der Waals surface area contributed by atoms with Crippen molar-refractivity contribution in [3.8, 4) is 5.75 Å². The predicted molar refractivity (Wildman–Crippen MR) is 77.4 cm³/mol. The predicted octanol–water partition coefficient (Wildman–Crippen LogP) is 1.81. The van der Waals surface area contributed by atoms with Gasteiger partial charge in [-0.15, -0.1) is 0 Å². The lowest BCUT2D eigenvalue weighted by atomic mass is 10.1. The molecule has 0 radical (unpaired) electrons. The van der Waals surface area contributed by atoms with Gasteiger partial charge >= 0.3 is 5.97 Å². The van der Waals surface area contributed by atoms with Gasteiger partial charge in [0.2, 0.25) is 0 Å². The summed E-state index contributed by atoms with van der Waals surface area (Å²) >= 11 is 3.32. The van der Waals surface area contributed by atoms with Gasteiger partial charge in [0.05, 0.1) is 17.4 Å². The molecule has 1 aliphatic heterocycles. The lowest BCUT2D eigenvalue weighted by Crippen LogP contribution is -2.21. The quantitative estimate of drug-likeness (QED) is 0.590. The van der Waals surface area contributed by atoms with Gasteiger partial charge in [0.15, 0.2) is 9.84 Å². The first-order chi connectivity index (χ1) is 9.46. The Morgan fingerprint density at radius 1 is 1.25 bits per heavy atom. The maximum atomic E-state index is 11.6. The van der Waals surface area contributed by atoms with Gasteiger partial charge in [-0.25, -0.2) is 8.42 Å². The van der Waals surface area contributed by atoms with Gasteiger partial charge in [0, 0.05) is 4.47 Å². The molecule has 5 nitrogen and oxygen atoms in total. The van der Waals surface area contributed by atoms with Crippen molar-refractivity contribution in [2.45, 2.75) is 6.42 Å². The smallest absolute Gasteiger partial charge is 0.310 e. The van der Waals surface area contributed by atoms with E-state index in [1.54, 1.807) is 12.1 Å². The van der Waals surface area contributed by atoms with Crippen LogP contribution in [-0.4, -0.2) is 39.1 Å². The Morgan fingerprint density at radius 3 is 2.55 bits per heavy atom. The fraction of sp³-hybridized carbons (Fsp3) is 0.462. The second-order valence-electron chi connectivity index (χ2n) is 4.57. The van der Waals surface area contributed by atoms with E-state index in [-0.39, 0.29) is 24.7 Å². The Balaban J connectivity index is 1.68. The van der Waals surface area contributed by atoms with Crippen molar-refractivity contribution in [2.24, 2.45) is 5.92 Å². The molecule has 0 spiro atoms. The maximum absolute atomic E-state index is 11.6. The molecule has 0 aromatic heterocycles. The van der Waals surface area contributed by atoms with Crippen LogP contribution in [0, 0.1) is 5.92 Å². The largest absolute Gasteiger partial charge is 0.490 e. The first kappa shape index (κ1) is 15.3. The molecule has 2 rings (SSSR count). The van der Waals surface area contributed by atoms with Crippen molar-refractivity contribution < 1.29 is 22.7 Å². The van der Waals surface area contributed by atoms with E-state index in [2.05, 4.69) is 15.9 Å². The summed E-state index contributed by atoms with van der Waals surface area (Å²) in [5, 5.41) is 0. The van der Waals surface area contributed by atoms with Crippen LogP contribution >= 0.6 is 15.9 Å². The normalized spacial score (nSPS) is 20.6. The minimum atomic E-state index is -3.05. The number of hydrogen-bond donors (Lipinski definition) is 0. The molecule has 0 aliphatic carbocycles. The van der Waals surface area contributed by atoms with Gasteiger partial charge in [-0.2, -0.15) is 0 Å². The zero-order valence-corrected chi connectivity index (χ0v) is 13.2. The highest BCUT2D eigenvalue weighted by atomic mass is 79.9. The van der Waals surface area contributed by atoms with Gasteiger partial charge < -0.3 is 9.47 Å². The third kappa shape index (κ3) is 4.49. The van der Waals surface area contributed by atoms with Crippen molar-refractivity contribution in [3.05, 3.63) is 28.7 Å². The van der Waals surface area contributed by atoms with Gasteiger partial charge in [-0.3, -0.25) is 4.79 Å². The zero-order chi connectivity index (χ0) is 14.6. The average Bonchev–Trinajstić information content (AvgIpc) is 2.77. The summed E-state index contributed by atoms with van der Waals surface area (Å²) in [7, 11) is -3.05. The Morgan fingerprint density at radius 2 is 1.95 bits per heavy atom. The molecule has 1 aromatic rings. The van der Waals surface area contributed by atoms with E-state index in [9.17, 15) is 13.2 Å². The van der Waals surface area contributed by atoms with Crippen molar-refractivity contribution >= 4 is 31.7 Å². The van der Waals surface area contributed by atoms with Crippen LogP contribution in [0.3, 0.4) is 0 Å². The first-order valence-corrected chi connectivity index (χ1v) is 8.83. The SMILES string of the molecule is O=C(OCCOc1ccc(Br)cc1)C1CCS(=O)(=O)C1.